The molecule has 1 aromatic carbocycles. The third kappa shape index (κ3) is 3.22. The monoisotopic (exact) mass is 324 g/mol. The number of hydrogen-bond acceptors (Lipinski definition) is 2. The number of rotatable bonds is 2. The zero-order valence-electron chi connectivity index (χ0n) is 9.23. The molecule has 0 unspecified atom stereocenters. The first-order chi connectivity index (χ1) is 6.85. The lowest BCUT2D eigenvalue weighted by Crippen LogP contribution is -2.23. The molecule has 15 heavy (non-hydrogen) atoms. The third-order valence-electron chi connectivity index (χ3n) is 1.65. The van der Waals surface area contributed by atoms with Gasteiger partial charge in [0.05, 0.1) is 10.7 Å². The molecule has 0 saturated carbocycles. The molecule has 0 aliphatic heterocycles. The standard InChI is InChI=1S/C11H14FIO2/c1-11(2,3)15-8-6-5-7(14-4)9(12)10(8)13/h5-6H,1-4H3. The summed E-state index contributed by atoms with van der Waals surface area (Å²) in [6.07, 6.45) is 0. The maximum atomic E-state index is 13.6. The maximum absolute atomic E-state index is 13.6. The highest BCUT2D eigenvalue weighted by atomic mass is 127. The van der Waals surface area contributed by atoms with Crippen molar-refractivity contribution in [3.8, 4) is 11.5 Å². The summed E-state index contributed by atoms with van der Waals surface area (Å²) in [5, 5.41) is 0. The average molecular weight is 324 g/mol. The molecule has 1 rings (SSSR count). The average Bonchev–Trinajstić information content (AvgIpc) is 2.11. The Morgan fingerprint density at radius 3 is 2.20 bits per heavy atom. The summed E-state index contributed by atoms with van der Waals surface area (Å²) in [6, 6.07) is 3.29. The van der Waals surface area contributed by atoms with Crippen molar-refractivity contribution in [2.75, 3.05) is 7.11 Å². The summed E-state index contributed by atoms with van der Waals surface area (Å²) < 4.78 is 24.6. The smallest absolute Gasteiger partial charge is 0.182 e. The van der Waals surface area contributed by atoms with Crippen LogP contribution in [0, 0.1) is 9.39 Å². The van der Waals surface area contributed by atoms with Crippen molar-refractivity contribution in [2.24, 2.45) is 0 Å². The van der Waals surface area contributed by atoms with Crippen molar-refractivity contribution in [3.05, 3.63) is 21.5 Å². The predicted octanol–water partition coefficient (Wildman–Crippen LogP) is 3.62. The maximum Gasteiger partial charge on any atom is 0.182 e. The van der Waals surface area contributed by atoms with E-state index >= 15 is 0 Å². The summed E-state index contributed by atoms with van der Waals surface area (Å²) in [5.74, 6) is 0.405. The number of hydrogen-bond donors (Lipinski definition) is 0. The molecule has 0 radical (unpaired) electrons. The normalized spacial score (nSPS) is 11.3. The summed E-state index contributed by atoms with van der Waals surface area (Å²) in [5.41, 5.74) is -0.332. The van der Waals surface area contributed by atoms with Crippen LogP contribution >= 0.6 is 22.6 Å². The van der Waals surface area contributed by atoms with E-state index in [9.17, 15) is 4.39 Å². The summed E-state index contributed by atoms with van der Waals surface area (Å²) >= 11 is 1.91. The van der Waals surface area contributed by atoms with Crippen molar-refractivity contribution >= 4 is 22.6 Å². The molecule has 84 valence electrons. The van der Waals surface area contributed by atoms with Gasteiger partial charge in [-0.3, -0.25) is 0 Å². The zero-order valence-corrected chi connectivity index (χ0v) is 11.4. The largest absolute Gasteiger partial charge is 0.494 e. The fourth-order valence-corrected chi connectivity index (χ4v) is 1.64. The van der Waals surface area contributed by atoms with Gasteiger partial charge in [-0.1, -0.05) is 0 Å². The van der Waals surface area contributed by atoms with Crippen LogP contribution in [0.1, 0.15) is 20.8 Å². The van der Waals surface area contributed by atoms with Crippen molar-refractivity contribution in [1.82, 2.24) is 0 Å². The Bertz CT molecular complexity index is 358. The first-order valence-corrected chi connectivity index (χ1v) is 5.64. The van der Waals surface area contributed by atoms with E-state index in [4.69, 9.17) is 9.47 Å². The molecule has 0 spiro atoms. The van der Waals surface area contributed by atoms with E-state index in [0.717, 1.165) is 0 Å². The first-order valence-electron chi connectivity index (χ1n) is 4.56. The van der Waals surface area contributed by atoms with Crippen molar-refractivity contribution in [2.45, 2.75) is 26.4 Å². The van der Waals surface area contributed by atoms with E-state index in [1.165, 1.54) is 7.11 Å². The highest BCUT2D eigenvalue weighted by Gasteiger charge is 2.18. The Balaban J connectivity index is 3.07. The fraction of sp³-hybridized carbons (Fsp3) is 0.455. The van der Waals surface area contributed by atoms with Gasteiger partial charge in [0, 0.05) is 0 Å². The number of halogens is 2. The molecule has 2 nitrogen and oxygen atoms in total. The van der Waals surface area contributed by atoms with Gasteiger partial charge >= 0.3 is 0 Å². The first kappa shape index (κ1) is 12.5. The van der Waals surface area contributed by atoms with Gasteiger partial charge < -0.3 is 9.47 Å². The number of methoxy groups -OCH3 is 1. The molecule has 0 aliphatic rings. The van der Waals surface area contributed by atoms with Crippen LogP contribution in [-0.4, -0.2) is 12.7 Å². The minimum atomic E-state index is -0.375. The summed E-state index contributed by atoms with van der Waals surface area (Å²) in [7, 11) is 1.44. The third-order valence-corrected chi connectivity index (χ3v) is 2.65. The van der Waals surface area contributed by atoms with E-state index in [-0.39, 0.29) is 17.2 Å². The number of ether oxygens (including phenoxy) is 2. The van der Waals surface area contributed by atoms with Crippen molar-refractivity contribution in [1.29, 1.82) is 0 Å². The Hall–Kier alpha value is -0.520. The molecule has 0 amide bonds. The van der Waals surface area contributed by atoms with Crippen LogP contribution in [0.25, 0.3) is 0 Å². The van der Waals surface area contributed by atoms with Gasteiger partial charge in [-0.15, -0.1) is 0 Å². The van der Waals surface area contributed by atoms with Crippen LogP contribution in [0.4, 0.5) is 4.39 Å². The minimum absolute atomic E-state index is 0.237. The van der Waals surface area contributed by atoms with Crippen LogP contribution in [0.3, 0.4) is 0 Å². The summed E-state index contributed by atoms with van der Waals surface area (Å²) in [4.78, 5) is 0. The molecule has 0 aromatic heterocycles. The zero-order chi connectivity index (χ0) is 11.6. The van der Waals surface area contributed by atoms with Gasteiger partial charge in [-0.25, -0.2) is 4.39 Å². The molecule has 0 aliphatic carbocycles. The molecule has 0 saturated heterocycles. The van der Waals surface area contributed by atoms with Crippen LogP contribution in [0.2, 0.25) is 0 Å². The molecular formula is C11H14FIO2. The topological polar surface area (TPSA) is 18.5 Å². The lowest BCUT2D eigenvalue weighted by Gasteiger charge is -2.22. The molecule has 0 heterocycles. The van der Waals surface area contributed by atoms with E-state index in [1.54, 1.807) is 12.1 Å². The molecule has 0 fully saturated rings. The molecule has 0 N–H and O–H groups in total. The second-order valence-electron chi connectivity index (χ2n) is 4.11. The minimum Gasteiger partial charge on any atom is -0.494 e. The highest BCUT2D eigenvalue weighted by molar-refractivity contribution is 14.1. The van der Waals surface area contributed by atoms with E-state index in [0.29, 0.717) is 9.32 Å². The van der Waals surface area contributed by atoms with Gasteiger partial charge in [-0.05, 0) is 55.5 Å². The second-order valence-corrected chi connectivity index (χ2v) is 5.19. The van der Waals surface area contributed by atoms with Crippen LogP contribution in [0.5, 0.6) is 11.5 Å². The van der Waals surface area contributed by atoms with Crippen LogP contribution < -0.4 is 9.47 Å². The van der Waals surface area contributed by atoms with Gasteiger partial charge in [-0.2, -0.15) is 0 Å². The lowest BCUT2D eigenvalue weighted by molar-refractivity contribution is 0.128. The Labute approximate surface area is 103 Å². The SMILES string of the molecule is COc1ccc(OC(C)(C)C)c(I)c1F. The van der Waals surface area contributed by atoms with Gasteiger partial charge in [0.15, 0.2) is 11.6 Å². The van der Waals surface area contributed by atoms with E-state index < -0.39 is 0 Å². The van der Waals surface area contributed by atoms with Crippen molar-refractivity contribution in [3.63, 3.8) is 0 Å². The quantitative estimate of drug-likeness (QED) is 0.774. The molecule has 4 heteroatoms. The fourth-order valence-electron chi connectivity index (χ4n) is 1.08. The summed E-state index contributed by atoms with van der Waals surface area (Å²) in [6.45, 7) is 5.77. The molecule has 1 aromatic rings. The molecule has 0 bridgehead atoms. The lowest BCUT2D eigenvalue weighted by atomic mass is 10.2. The molecular weight excluding hydrogens is 310 g/mol. The van der Waals surface area contributed by atoms with Crippen LogP contribution in [0.15, 0.2) is 12.1 Å². The molecule has 0 atom stereocenters. The van der Waals surface area contributed by atoms with Crippen molar-refractivity contribution < 1.29 is 13.9 Å². The van der Waals surface area contributed by atoms with Gasteiger partial charge in [0.2, 0.25) is 0 Å². The van der Waals surface area contributed by atoms with E-state index in [2.05, 4.69) is 0 Å². The van der Waals surface area contributed by atoms with E-state index in [1.807, 2.05) is 43.4 Å². The predicted molar refractivity (Wildman–Crippen MR) is 66.1 cm³/mol. The Kier molecular flexibility index (Phi) is 3.81. The Morgan fingerprint density at radius 1 is 1.20 bits per heavy atom. The van der Waals surface area contributed by atoms with Crippen LogP contribution in [-0.2, 0) is 0 Å². The number of benzene rings is 1. The highest BCUT2D eigenvalue weighted by Crippen LogP contribution is 2.32. The Morgan fingerprint density at radius 2 is 1.73 bits per heavy atom. The van der Waals surface area contributed by atoms with Gasteiger partial charge in [0.25, 0.3) is 0 Å². The van der Waals surface area contributed by atoms with Gasteiger partial charge in [0.1, 0.15) is 11.4 Å². The second kappa shape index (κ2) is 4.55.